The van der Waals surface area contributed by atoms with E-state index < -0.39 is 0 Å². The minimum atomic E-state index is -0.0434. The fourth-order valence-electron chi connectivity index (χ4n) is 4.15. The number of rotatable bonds is 8. The highest BCUT2D eigenvalue weighted by Gasteiger charge is 2.25. The fourth-order valence-corrected chi connectivity index (χ4v) is 4.15. The third kappa shape index (κ3) is 4.72. The Balaban J connectivity index is 1.24. The van der Waals surface area contributed by atoms with Crippen molar-refractivity contribution in [1.82, 2.24) is 35.3 Å². The molecule has 1 N–H and O–H groups in total. The molecular formula is C23H30N8O. The predicted molar refractivity (Wildman–Crippen MR) is 122 cm³/mol. The first-order valence-electron chi connectivity index (χ1n) is 11.4. The van der Waals surface area contributed by atoms with Crippen LogP contribution in [0, 0.1) is 5.92 Å². The van der Waals surface area contributed by atoms with Crippen molar-refractivity contribution in [1.29, 1.82) is 0 Å². The van der Waals surface area contributed by atoms with Crippen LogP contribution in [0.5, 0.6) is 5.88 Å². The van der Waals surface area contributed by atoms with Crippen LogP contribution < -0.4 is 15.0 Å². The molecule has 5 rings (SSSR count). The van der Waals surface area contributed by atoms with Crippen LogP contribution in [-0.2, 0) is 0 Å². The number of piperidine rings is 1. The number of hydrogen-bond donors (Lipinski definition) is 1. The maximum Gasteiger partial charge on any atom is 0.232 e. The van der Waals surface area contributed by atoms with E-state index in [-0.39, 0.29) is 6.04 Å². The van der Waals surface area contributed by atoms with E-state index >= 15 is 0 Å². The SMILES string of the molecule is COc1cncc(-c2cn(C(C)c3ccc(N4CCC[C@@H](NCC5CC5)C4)cn3)nn2)n1. The Kier molecular flexibility index (Phi) is 5.98. The topological polar surface area (TPSA) is 93.9 Å². The van der Waals surface area contributed by atoms with E-state index in [1.54, 1.807) is 24.2 Å². The number of anilines is 1. The molecule has 2 fully saturated rings. The molecule has 2 aliphatic rings. The van der Waals surface area contributed by atoms with Crippen molar-refractivity contribution in [2.75, 3.05) is 31.6 Å². The molecule has 9 nitrogen and oxygen atoms in total. The second-order valence-electron chi connectivity index (χ2n) is 8.78. The van der Waals surface area contributed by atoms with Crippen LogP contribution in [0.1, 0.15) is 44.3 Å². The Bertz CT molecular complexity index is 1030. The van der Waals surface area contributed by atoms with Crippen LogP contribution in [0.25, 0.3) is 11.4 Å². The van der Waals surface area contributed by atoms with Gasteiger partial charge in [-0.1, -0.05) is 5.21 Å². The summed E-state index contributed by atoms with van der Waals surface area (Å²) in [5.41, 5.74) is 3.41. The van der Waals surface area contributed by atoms with Gasteiger partial charge in [0.05, 0.1) is 49.3 Å². The average molecular weight is 435 g/mol. The van der Waals surface area contributed by atoms with Crippen molar-refractivity contribution in [2.24, 2.45) is 5.92 Å². The molecule has 3 aromatic heterocycles. The average Bonchev–Trinajstić information content (AvgIpc) is 3.56. The summed E-state index contributed by atoms with van der Waals surface area (Å²) in [7, 11) is 1.57. The summed E-state index contributed by atoms with van der Waals surface area (Å²) < 4.78 is 6.95. The van der Waals surface area contributed by atoms with Gasteiger partial charge in [-0.3, -0.25) is 9.97 Å². The summed E-state index contributed by atoms with van der Waals surface area (Å²) in [6.07, 6.45) is 12.3. The molecule has 32 heavy (non-hydrogen) atoms. The van der Waals surface area contributed by atoms with Crippen molar-refractivity contribution in [3.05, 3.63) is 42.6 Å². The number of ether oxygens (including phenoxy) is 1. The molecule has 1 aliphatic carbocycles. The first-order chi connectivity index (χ1) is 15.7. The van der Waals surface area contributed by atoms with Crippen molar-refractivity contribution >= 4 is 5.69 Å². The zero-order chi connectivity index (χ0) is 21.9. The van der Waals surface area contributed by atoms with E-state index in [2.05, 4.69) is 49.6 Å². The minimum Gasteiger partial charge on any atom is -0.480 e. The Hall–Kier alpha value is -3.07. The first kappa shape index (κ1) is 20.8. The normalized spacial score (nSPS) is 19.7. The Labute approximate surface area is 188 Å². The van der Waals surface area contributed by atoms with E-state index in [1.807, 2.05) is 12.4 Å². The molecule has 0 spiro atoms. The van der Waals surface area contributed by atoms with Gasteiger partial charge in [0, 0.05) is 19.1 Å². The Morgan fingerprint density at radius 3 is 2.84 bits per heavy atom. The molecule has 0 aromatic carbocycles. The van der Waals surface area contributed by atoms with Gasteiger partial charge in [-0.05, 0) is 57.2 Å². The lowest BCUT2D eigenvalue weighted by molar-refractivity contribution is 0.396. The molecule has 2 atom stereocenters. The fraction of sp³-hybridized carbons (Fsp3) is 0.522. The number of nitrogens with zero attached hydrogens (tertiary/aromatic N) is 7. The molecule has 4 heterocycles. The highest BCUT2D eigenvalue weighted by atomic mass is 16.5. The largest absolute Gasteiger partial charge is 0.480 e. The van der Waals surface area contributed by atoms with Gasteiger partial charge in [0.2, 0.25) is 5.88 Å². The summed E-state index contributed by atoms with van der Waals surface area (Å²) >= 11 is 0. The molecule has 0 radical (unpaired) electrons. The van der Waals surface area contributed by atoms with Gasteiger partial charge >= 0.3 is 0 Å². The number of hydrogen-bond acceptors (Lipinski definition) is 8. The zero-order valence-electron chi connectivity index (χ0n) is 18.7. The lowest BCUT2D eigenvalue weighted by atomic mass is 10.0. The van der Waals surface area contributed by atoms with Crippen LogP contribution in [-0.4, -0.2) is 62.7 Å². The molecule has 1 aliphatic heterocycles. The second kappa shape index (κ2) is 9.20. The van der Waals surface area contributed by atoms with Crippen molar-refractivity contribution in [3.8, 4) is 17.3 Å². The van der Waals surface area contributed by atoms with E-state index in [9.17, 15) is 0 Å². The maximum atomic E-state index is 5.15. The van der Waals surface area contributed by atoms with E-state index in [0.29, 0.717) is 23.3 Å². The first-order valence-corrected chi connectivity index (χ1v) is 11.4. The van der Waals surface area contributed by atoms with Gasteiger partial charge in [-0.15, -0.1) is 5.10 Å². The summed E-state index contributed by atoms with van der Waals surface area (Å²) in [4.78, 5) is 15.7. The van der Waals surface area contributed by atoms with Gasteiger partial charge in [-0.25, -0.2) is 9.67 Å². The van der Waals surface area contributed by atoms with Crippen molar-refractivity contribution in [3.63, 3.8) is 0 Å². The summed E-state index contributed by atoms with van der Waals surface area (Å²) in [6.45, 7) is 5.38. The summed E-state index contributed by atoms with van der Waals surface area (Å²) in [5.74, 6) is 1.37. The molecular weight excluding hydrogens is 404 g/mol. The van der Waals surface area contributed by atoms with Gasteiger partial charge in [-0.2, -0.15) is 0 Å². The molecule has 3 aromatic rings. The van der Waals surface area contributed by atoms with Gasteiger partial charge < -0.3 is 15.0 Å². The third-order valence-corrected chi connectivity index (χ3v) is 6.37. The molecule has 1 saturated heterocycles. The highest BCUT2D eigenvalue weighted by molar-refractivity contribution is 5.51. The van der Waals surface area contributed by atoms with Gasteiger partial charge in [0.25, 0.3) is 0 Å². The summed E-state index contributed by atoms with van der Waals surface area (Å²) in [5, 5.41) is 12.3. The smallest absolute Gasteiger partial charge is 0.232 e. The maximum absolute atomic E-state index is 5.15. The van der Waals surface area contributed by atoms with Crippen molar-refractivity contribution in [2.45, 2.75) is 44.7 Å². The van der Waals surface area contributed by atoms with Gasteiger partial charge in [0.1, 0.15) is 11.4 Å². The van der Waals surface area contributed by atoms with Crippen molar-refractivity contribution < 1.29 is 4.74 Å². The predicted octanol–water partition coefficient (Wildman–Crippen LogP) is 2.72. The molecule has 0 amide bonds. The van der Waals surface area contributed by atoms with E-state index in [1.165, 1.54) is 37.9 Å². The number of aromatic nitrogens is 6. The highest BCUT2D eigenvalue weighted by Crippen LogP contribution is 2.28. The Morgan fingerprint density at radius 2 is 2.06 bits per heavy atom. The second-order valence-corrected chi connectivity index (χ2v) is 8.78. The van der Waals surface area contributed by atoms with Crippen LogP contribution in [0.4, 0.5) is 5.69 Å². The minimum absolute atomic E-state index is 0.0434. The summed E-state index contributed by atoms with van der Waals surface area (Å²) in [6, 6.07) is 4.80. The molecule has 1 unspecified atom stereocenters. The van der Waals surface area contributed by atoms with E-state index in [4.69, 9.17) is 9.72 Å². The standard InChI is InChI=1S/C23H30N8O/c1-16(31-15-22(28-29-31)21-12-24-13-23(27-21)32-2)20-8-7-19(11-26-20)30-9-3-4-18(14-30)25-10-17-5-6-17/h7-8,11-13,15-18,25H,3-6,9-10,14H2,1-2H3/t16?,18-/m1/s1. The molecule has 0 bridgehead atoms. The van der Waals surface area contributed by atoms with Crippen LogP contribution in [0.15, 0.2) is 36.9 Å². The zero-order valence-corrected chi connectivity index (χ0v) is 18.7. The van der Waals surface area contributed by atoms with Crippen LogP contribution in [0.2, 0.25) is 0 Å². The third-order valence-electron chi connectivity index (χ3n) is 6.37. The molecule has 168 valence electrons. The number of pyridine rings is 1. The van der Waals surface area contributed by atoms with Crippen LogP contribution >= 0.6 is 0 Å². The Morgan fingerprint density at radius 1 is 1.16 bits per heavy atom. The van der Waals surface area contributed by atoms with E-state index in [0.717, 1.165) is 24.7 Å². The number of methoxy groups -OCH3 is 1. The van der Waals surface area contributed by atoms with Crippen LogP contribution in [0.3, 0.4) is 0 Å². The molecule has 1 saturated carbocycles. The lowest BCUT2D eigenvalue weighted by Gasteiger charge is -2.35. The quantitative estimate of drug-likeness (QED) is 0.578. The molecule has 9 heteroatoms. The van der Waals surface area contributed by atoms with Gasteiger partial charge in [0.15, 0.2) is 0 Å². The number of nitrogens with one attached hydrogen (secondary N) is 1. The monoisotopic (exact) mass is 434 g/mol. The lowest BCUT2D eigenvalue weighted by Crippen LogP contribution is -2.46.